The van der Waals surface area contributed by atoms with Gasteiger partial charge in [0.25, 0.3) is 0 Å². The van der Waals surface area contributed by atoms with E-state index in [9.17, 15) is 19.8 Å². The monoisotopic (exact) mass is 269 g/mol. The van der Waals surface area contributed by atoms with Crippen LogP contribution in [0.4, 0.5) is 0 Å². The lowest BCUT2D eigenvalue weighted by molar-refractivity contribution is -0.152. The number of amides is 2. The number of aliphatic hydroxyl groups is 2. The molecule has 1 spiro atoms. The molecule has 0 atom stereocenters. The molecule has 0 aromatic rings. The van der Waals surface area contributed by atoms with Crippen molar-refractivity contribution in [3.63, 3.8) is 0 Å². The van der Waals surface area contributed by atoms with Gasteiger partial charge >= 0.3 is 0 Å². The zero-order chi connectivity index (χ0) is 14.1. The van der Waals surface area contributed by atoms with Crippen molar-refractivity contribution in [1.29, 1.82) is 0 Å². The molecular formula is C14H23NO4. The highest BCUT2D eigenvalue weighted by atomic mass is 16.3. The second-order valence-corrected chi connectivity index (χ2v) is 6.22. The number of aliphatic hydroxyl groups excluding tert-OH is 2. The van der Waals surface area contributed by atoms with Gasteiger partial charge in [0.15, 0.2) is 0 Å². The third-order valence-corrected chi connectivity index (χ3v) is 4.68. The largest absolute Gasteiger partial charge is 0.394 e. The highest BCUT2D eigenvalue weighted by Crippen LogP contribution is 2.46. The van der Waals surface area contributed by atoms with Gasteiger partial charge < -0.3 is 10.2 Å². The van der Waals surface area contributed by atoms with Gasteiger partial charge in [0.2, 0.25) is 11.8 Å². The standard InChI is InChI=1S/C14H23NO4/c1-13(9-16,10-17)15-11(18)8-14(12(15)19)6-4-2-3-5-7-14/h16-17H,2-10H2,1H3. The minimum Gasteiger partial charge on any atom is -0.394 e. The van der Waals surface area contributed by atoms with Crippen LogP contribution in [0.25, 0.3) is 0 Å². The number of carbonyl (C=O) groups is 2. The van der Waals surface area contributed by atoms with Gasteiger partial charge in [-0.1, -0.05) is 25.7 Å². The van der Waals surface area contributed by atoms with Crippen LogP contribution in [0.2, 0.25) is 0 Å². The summed E-state index contributed by atoms with van der Waals surface area (Å²) in [4.78, 5) is 26.0. The van der Waals surface area contributed by atoms with Gasteiger partial charge in [-0.25, -0.2) is 0 Å². The molecule has 2 amide bonds. The lowest BCUT2D eigenvalue weighted by Crippen LogP contribution is -2.55. The van der Waals surface area contributed by atoms with E-state index >= 15 is 0 Å². The van der Waals surface area contributed by atoms with Crippen LogP contribution < -0.4 is 0 Å². The summed E-state index contributed by atoms with van der Waals surface area (Å²) in [6.07, 6.45) is 5.91. The van der Waals surface area contributed by atoms with Crippen LogP contribution >= 0.6 is 0 Å². The van der Waals surface area contributed by atoms with Crippen LogP contribution in [0.1, 0.15) is 51.9 Å². The van der Waals surface area contributed by atoms with Crippen LogP contribution in [0.15, 0.2) is 0 Å². The fourth-order valence-corrected chi connectivity index (χ4v) is 3.33. The van der Waals surface area contributed by atoms with Crippen molar-refractivity contribution >= 4 is 11.8 Å². The molecule has 1 saturated carbocycles. The Kier molecular flexibility index (Phi) is 3.97. The first-order valence-electron chi connectivity index (χ1n) is 7.08. The Morgan fingerprint density at radius 1 is 1.11 bits per heavy atom. The van der Waals surface area contributed by atoms with Crippen LogP contribution in [-0.4, -0.2) is 45.7 Å². The Labute approximate surface area is 113 Å². The highest BCUT2D eigenvalue weighted by Gasteiger charge is 2.55. The third kappa shape index (κ3) is 2.30. The van der Waals surface area contributed by atoms with E-state index in [0.717, 1.165) is 43.4 Å². The normalized spacial score (nSPS) is 24.1. The van der Waals surface area contributed by atoms with E-state index in [0.29, 0.717) is 0 Å². The maximum Gasteiger partial charge on any atom is 0.236 e. The lowest BCUT2D eigenvalue weighted by atomic mass is 9.79. The maximum atomic E-state index is 12.7. The first-order chi connectivity index (χ1) is 8.99. The minimum absolute atomic E-state index is 0.190. The molecule has 108 valence electrons. The zero-order valence-corrected chi connectivity index (χ0v) is 11.5. The molecule has 5 nitrogen and oxygen atoms in total. The van der Waals surface area contributed by atoms with Gasteiger partial charge in [0.05, 0.1) is 24.2 Å². The zero-order valence-electron chi connectivity index (χ0n) is 11.5. The predicted molar refractivity (Wildman–Crippen MR) is 69.2 cm³/mol. The summed E-state index contributed by atoms with van der Waals surface area (Å²) in [6, 6.07) is 0. The van der Waals surface area contributed by atoms with Crippen molar-refractivity contribution in [2.75, 3.05) is 13.2 Å². The van der Waals surface area contributed by atoms with Crippen LogP contribution in [-0.2, 0) is 9.59 Å². The maximum absolute atomic E-state index is 12.7. The smallest absolute Gasteiger partial charge is 0.236 e. The number of rotatable bonds is 3. The molecule has 1 saturated heterocycles. The Bertz CT molecular complexity index is 368. The van der Waals surface area contributed by atoms with E-state index in [1.54, 1.807) is 6.92 Å². The molecule has 1 aliphatic carbocycles. The average molecular weight is 269 g/mol. The number of hydrogen-bond donors (Lipinski definition) is 2. The molecule has 0 bridgehead atoms. The van der Waals surface area contributed by atoms with Gasteiger partial charge in [-0.15, -0.1) is 0 Å². The molecule has 19 heavy (non-hydrogen) atoms. The quantitative estimate of drug-likeness (QED) is 0.744. The van der Waals surface area contributed by atoms with Gasteiger partial charge in [-0.3, -0.25) is 14.5 Å². The second-order valence-electron chi connectivity index (χ2n) is 6.22. The summed E-state index contributed by atoms with van der Waals surface area (Å²) in [6.45, 7) is 0.743. The van der Waals surface area contributed by atoms with Crippen LogP contribution in [0.5, 0.6) is 0 Å². The average Bonchev–Trinajstić information content (AvgIpc) is 2.59. The first-order valence-corrected chi connectivity index (χ1v) is 7.08. The molecule has 1 heterocycles. The fraction of sp³-hybridized carbons (Fsp3) is 0.857. The summed E-state index contributed by atoms with van der Waals surface area (Å²) in [5.74, 6) is -0.442. The van der Waals surface area contributed by atoms with E-state index in [2.05, 4.69) is 0 Å². The number of likely N-dealkylation sites (tertiary alicyclic amines) is 1. The van der Waals surface area contributed by atoms with Crippen molar-refractivity contribution in [1.82, 2.24) is 4.90 Å². The molecule has 2 aliphatic rings. The Morgan fingerprint density at radius 2 is 1.63 bits per heavy atom. The van der Waals surface area contributed by atoms with Crippen molar-refractivity contribution < 1.29 is 19.8 Å². The lowest BCUT2D eigenvalue weighted by Gasteiger charge is -2.35. The summed E-state index contributed by atoms with van der Waals surface area (Å²) in [5, 5.41) is 18.8. The van der Waals surface area contributed by atoms with Crippen molar-refractivity contribution in [2.24, 2.45) is 5.41 Å². The number of imide groups is 1. The van der Waals surface area contributed by atoms with Gasteiger partial charge in [0.1, 0.15) is 0 Å². The van der Waals surface area contributed by atoms with Crippen LogP contribution in [0, 0.1) is 5.41 Å². The molecule has 1 aliphatic heterocycles. The van der Waals surface area contributed by atoms with Gasteiger partial charge in [-0.05, 0) is 19.8 Å². The SMILES string of the molecule is CC(CO)(CO)N1C(=O)CC2(CCCCCC2)C1=O. The summed E-state index contributed by atoms with van der Waals surface area (Å²) < 4.78 is 0. The number of nitrogens with zero attached hydrogens (tertiary/aromatic N) is 1. The van der Waals surface area contributed by atoms with E-state index in [1.807, 2.05) is 0 Å². The number of hydrogen-bond acceptors (Lipinski definition) is 4. The van der Waals surface area contributed by atoms with E-state index < -0.39 is 24.2 Å². The summed E-state index contributed by atoms with van der Waals surface area (Å²) >= 11 is 0. The topological polar surface area (TPSA) is 77.8 Å². The third-order valence-electron chi connectivity index (χ3n) is 4.68. The second kappa shape index (κ2) is 5.21. The number of carbonyl (C=O) groups excluding carboxylic acids is 2. The molecule has 2 N–H and O–H groups in total. The Hall–Kier alpha value is -0.940. The molecule has 2 rings (SSSR count). The Morgan fingerprint density at radius 3 is 2.11 bits per heavy atom. The van der Waals surface area contributed by atoms with Gasteiger partial charge in [0, 0.05) is 6.42 Å². The van der Waals surface area contributed by atoms with Crippen molar-refractivity contribution in [3.05, 3.63) is 0 Å². The summed E-state index contributed by atoms with van der Waals surface area (Å²) in [5.41, 5.74) is -1.75. The summed E-state index contributed by atoms with van der Waals surface area (Å²) in [7, 11) is 0. The molecule has 0 aromatic carbocycles. The van der Waals surface area contributed by atoms with Crippen molar-refractivity contribution in [2.45, 2.75) is 57.4 Å². The van der Waals surface area contributed by atoms with E-state index in [-0.39, 0.29) is 18.2 Å². The molecular weight excluding hydrogens is 246 g/mol. The molecule has 0 radical (unpaired) electrons. The first kappa shape index (κ1) is 14.5. The predicted octanol–water partition coefficient (Wildman–Crippen LogP) is 0.829. The highest BCUT2D eigenvalue weighted by molar-refractivity contribution is 6.06. The molecule has 0 aromatic heterocycles. The van der Waals surface area contributed by atoms with Gasteiger partial charge in [-0.2, -0.15) is 0 Å². The van der Waals surface area contributed by atoms with E-state index in [1.165, 1.54) is 0 Å². The van der Waals surface area contributed by atoms with E-state index in [4.69, 9.17) is 0 Å². The molecule has 5 heteroatoms. The molecule has 0 unspecified atom stereocenters. The minimum atomic E-state index is -1.18. The molecule has 2 fully saturated rings. The van der Waals surface area contributed by atoms with Crippen LogP contribution in [0.3, 0.4) is 0 Å². The fourth-order valence-electron chi connectivity index (χ4n) is 3.33. The Balaban J connectivity index is 2.29. The van der Waals surface area contributed by atoms with Crippen molar-refractivity contribution in [3.8, 4) is 0 Å².